The molecule has 0 aromatic heterocycles. The molecule has 0 heterocycles. The largest absolute Gasteiger partial charge is 0.355 e. The van der Waals surface area contributed by atoms with Gasteiger partial charge in [0.05, 0.1) is 0 Å². The van der Waals surface area contributed by atoms with Crippen LogP contribution in [0.3, 0.4) is 0 Å². The van der Waals surface area contributed by atoms with E-state index in [4.69, 9.17) is 5.73 Å². The molecule has 0 aliphatic rings. The van der Waals surface area contributed by atoms with Gasteiger partial charge in [-0.2, -0.15) is 0 Å². The van der Waals surface area contributed by atoms with E-state index >= 15 is 0 Å². The monoisotopic (exact) mass is 201 g/mol. The van der Waals surface area contributed by atoms with Crippen molar-refractivity contribution < 1.29 is 9.59 Å². The van der Waals surface area contributed by atoms with Gasteiger partial charge in [-0.05, 0) is 13.0 Å². The second kappa shape index (κ2) is 7.32. The molecule has 82 valence electrons. The van der Waals surface area contributed by atoms with Gasteiger partial charge in [0.15, 0.2) is 0 Å². The quantitative estimate of drug-likeness (QED) is 0.493. The summed E-state index contributed by atoms with van der Waals surface area (Å²) in [7, 11) is 0. The molecule has 0 saturated carbocycles. The Morgan fingerprint density at radius 1 is 1.29 bits per heavy atom. The van der Waals surface area contributed by atoms with Crippen molar-refractivity contribution in [1.82, 2.24) is 10.6 Å². The lowest BCUT2D eigenvalue weighted by molar-refractivity contribution is -0.125. The number of carbonyl (C=O) groups excluding carboxylic acids is 2. The highest BCUT2D eigenvalue weighted by atomic mass is 16.2. The number of nitrogens with one attached hydrogen (secondary N) is 2. The summed E-state index contributed by atoms with van der Waals surface area (Å²) in [6, 6.07) is 0. The van der Waals surface area contributed by atoms with Crippen LogP contribution in [0.15, 0.2) is 0 Å². The first-order valence-corrected chi connectivity index (χ1v) is 4.80. The van der Waals surface area contributed by atoms with Gasteiger partial charge >= 0.3 is 0 Å². The van der Waals surface area contributed by atoms with Gasteiger partial charge in [0.25, 0.3) is 0 Å². The highest BCUT2D eigenvalue weighted by Gasteiger charge is 2.10. The molecule has 0 aliphatic heterocycles. The molecule has 0 radical (unpaired) electrons. The number of hydrogen-bond donors (Lipinski definition) is 3. The minimum absolute atomic E-state index is 0.0131. The summed E-state index contributed by atoms with van der Waals surface area (Å²) in [4.78, 5) is 21.8. The van der Waals surface area contributed by atoms with E-state index in [0.717, 1.165) is 0 Å². The number of carbonyl (C=O) groups is 2. The molecule has 0 rings (SSSR count). The van der Waals surface area contributed by atoms with E-state index < -0.39 is 0 Å². The minimum atomic E-state index is -0.0887. The van der Waals surface area contributed by atoms with Crippen molar-refractivity contribution in [3.8, 4) is 0 Å². The Bertz CT molecular complexity index is 194. The summed E-state index contributed by atoms with van der Waals surface area (Å²) in [5.41, 5.74) is 5.32. The van der Waals surface area contributed by atoms with Gasteiger partial charge in [-0.15, -0.1) is 0 Å². The predicted molar refractivity (Wildman–Crippen MR) is 54.5 cm³/mol. The van der Waals surface area contributed by atoms with E-state index in [9.17, 15) is 9.59 Å². The van der Waals surface area contributed by atoms with Crippen LogP contribution in [-0.4, -0.2) is 31.4 Å². The van der Waals surface area contributed by atoms with Crippen LogP contribution < -0.4 is 16.4 Å². The highest BCUT2D eigenvalue weighted by molar-refractivity contribution is 5.78. The van der Waals surface area contributed by atoms with Gasteiger partial charge in [-0.1, -0.05) is 6.92 Å². The SMILES string of the molecule is CC(=O)NCCNC(=O)C(C)CCN. The van der Waals surface area contributed by atoms with Crippen molar-refractivity contribution in [3.63, 3.8) is 0 Å². The predicted octanol–water partition coefficient (Wildman–Crippen LogP) is -0.776. The maximum Gasteiger partial charge on any atom is 0.222 e. The molecule has 0 aliphatic carbocycles. The topological polar surface area (TPSA) is 84.2 Å². The maximum atomic E-state index is 11.3. The molecule has 0 fully saturated rings. The van der Waals surface area contributed by atoms with E-state index in [1.165, 1.54) is 6.92 Å². The number of amides is 2. The Hall–Kier alpha value is -1.10. The van der Waals surface area contributed by atoms with Crippen molar-refractivity contribution >= 4 is 11.8 Å². The second-order valence-electron chi connectivity index (χ2n) is 3.25. The lowest BCUT2D eigenvalue weighted by atomic mass is 10.1. The van der Waals surface area contributed by atoms with E-state index in [2.05, 4.69) is 10.6 Å². The summed E-state index contributed by atoms with van der Waals surface area (Å²) >= 11 is 0. The molecule has 0 aromatic carbocycles. The van der Waals surface area contributed by atoms with Crippen LogP contribution in [0.4, 0.5) is 0 Å². The first-order valence-electron chi connectivity index (χ1n) is 4.80. The summed E-state index contributed by atoms with van der Waals surface area (Å²) in [5.74, 6) is -0.160. The zero-order chi connectivity index (χ0) is 11.0. The third-order valence-electron chi connectivity index (χ3n) is 1.85. The molecule has 5 heteroatoms. The molecular weight excluding hydrogens is 182 g/mol. The third kappa shape index (κ3) is 6.42. The van der Waals surface area contributed by atoms with Crippen LogP contribution in [0, 0.1) is 5.92 Å². The van der Waals surface area contributed by atoms with Gasteiger partial charge in [0.2, 0.25) is 11.8 Å². The number of hydrogen-bond acceptors (Lipinski definition) is 3. The molecule has 0 bridgehead atoms. The Morgan fingerprint density at radius 2 is 1.86 bits per heavy atom. The van der Waals surface area contributed by atoms with Crippen molar-refractivity contribution in [2.75, 3.05) is 19.6 Å². The van der Waals surface area contributed by atoms with Crippen LogP contribution >= 0.6 is 0 Å². The highest BCUT2D eigenvalue weighted by Crippen LogP contribution is 1.98. The van der Waals surface area contributed by atoms with Crippen LogP contribution in [0.5, 0.6) is 0 Å². The van der Waals surface area contributed by atoms with Crippen LogP contribution in [-0.2, 0) is 9.59 Å². The zero-order valence-corrected chi connectivity index (χ0v) is 8.80. The van der Waals surface area contributed by atoms with Crippen molar-refractivity contribution in [2.24, 2.45) is 11.7 Å². The summed E-state index contributed by atoms with van der Waals surface area (Å²) < 4.78 is 0. The maximum absolute atomic E-state index is 11.3. The molecule has 1 atom stereocenters. The Labute approximate surface area is 84.4 Å². The van der Waals surface area contributed by atoms with Gasteiger partial charge in [0.1, 0.15) is 0 Å². The Kier molecular flexibility index (Phi) is 6.74. The first kappa shape index (κ1) is 12.9. The summed E-state index contributed by atoms with van der Waals surface area (Å²) in [6.07, 6.45) is 0.686. The smallest absolute Gasteiger partial charge is 0.222 e. The lowest BCUT2D eigenvalue weighted by Crippen LogP contribution is -2.36. The van der Waals surface area contributed by atoms with Gasteiger partial charge in [0, 0.05) is 25.9 Å². The lowest BCUT2D eigenvalue weighted by Gasteiger charge is -2.10. The minimum Gasteiger partial charge on any atom is -0.355 e. The van der Waals surface area contributed by atoms with E-state index in [-0.39, 0.29) is 17.7 Å². The van der Waals surface area contributed by atoms with E-state index in [0.29, 0.717) is 26.1 Å². The van der Waals surface area contributed by atoms with Gasteiger partial charge in [-0.3, -0.25) is 9.59 Å². The number of rotatable bonds is 6. The van der Waals surface area contributed by atoms with E-state index in [1.54, 1.807) is 0 Å². The van der Waals surface area contributed by atoms with Crippen LogP contribution in [0.1, 0.15) is 20.3 Å². The molecule has 5 nitrogen and oxygen atoms in total. The average Bonchev–Trinajstić information content (AvgIpc) is 2.12. The zero-order valence-electron chi connectivity index (χ0n) is 8.80. The standard InChI is InChI=1S/C9H19N3O2/c1-7(3-4-10)9(14)12-6-5-11-8(2)13/h7H,3-6,10H2,1-2H3,(H,11,13)(H,12,14). The second-order valence-corrected chi connectivity index (χ2v) is 3.25. The van der Waals surface area contributed by atoms with Crippen molar-refractivity contribution in [1.29, 1.82) is 0 Å². The normalized spacial score (nSPS) is 11.9. The summed E-state index contributed by atoms with van der Waals surface area (Å²) in [5, 5.41) is 5.31. The molecule has 0 aromatic rings. The van der Waals surface area contributed by atoms with Gasteiger partial charge < -0.3 is 16.4 Å². The molecule has 1 unspecified atom stereocenters. The van der Waals surface area contributed by atoms with Crippen molar-refractivity contribution in [3.05, 3.63) is 0 Å². The van der Waals surface area contributed by atoms with Crippen molar-refractivity contribution in [2.45, 2.75) is 20.3 Å². The summed E-state index contributed by atoms with van der Waals surface area (Å²) in [6.45, 7) is 4.73. The third-order valence-corrected chi connectivity index (χ3v) is 1.85. The molecule has 2 amide bonds. The molecule has 0 saturated heterocycles. The molecular formula is C9H19N3O2. The first-order chi connectivity index (χ1) is 6.57. The molecule has 14 heavy (non-hydrogen) atoms. The average molecular weight is 201 g/mol. The van der Waals surface area contributed by atoms with E-state index in [1.807, 2.05) is 6.92 Å². The fourth-order valence-corrected chi connectivity index (χ4v) is 0.980. The number of nitrogens with two attached hydrogens (primary N) is 1. The van der Waals surface area contributed by atoms with Gasteiger partial charge in [-0.25, -0.2) is 0 Å². The molecule has 4 N–H and O–H groups in total. The fraction of sp³-hybridized carbons (Fsp3) is 0.778. The Morgan fingerprint density at radius 3 is 2.36 bits per heavy atom. The fourth-order valence-electron chi connectivity index (χ4n) is 0.980. The molecule has 0 spiro atoms. The van der Waals surface area contributed by atoms with Crippen LogP contribution in [0.25, 0.3) is 0 Å². The Balaban J connectivity index is 3.48. The van der Waals surface area contributed by atoms with Crippen LogP contribution in [0.2, 0.25) is 0 Å².